The van der Waals surface area contributed by atoms with E-state index in [0.29, 0.717) is 48.5 Å². The molecular weight excluding hydrogens is 676 g/mol. The van der Waals surface area contributed by atoms with E-state index in [2.05, 4.69) is 41.8 Å². The van der Waals surface area contributed by atoms with Gasteiger partial charge in [-0.3, -0.25) is 19.8 Å². The number of aromatic amines is 2. The van der Waals surface area contributed by atoms with Crippen LogP contribution in [0.1, 0.15) is 120 Å². The lowest BCUT2D eigenvalue weighted by molar-refractivity contribution is -0.133. The van der Waals surface area contributed by atoms with E-state index in [9.17, 15) is 19.2 Å². The highest BCUT2D eigenvalue weighted by atomic mass is 16.5. The lowest BCUT2D eigenvalue weighted by Gasteiger charge is -2.18. The number of hydrogen-bond donors (Lipinski definition) is 5. The molecule has 0 spiro atoms. The number of aromatic nitrogens is 4. The zero-order valence-corrected chi connectivity index (χ0v) is 31.4. The van der Waals surface area contributed by atoms with Crippen molar-refractivity contribution in [3.8, 4) is 0 Å². The molecular formula is C40H48N6O7. The van der Waals surface area contributed by atoms with Gasteiger partial charge in [-0.1, -0.05) is 26.5 Å². The Bertz CT molecular complexity index is 2180. The van der Waals surface area contributed by atoms with Crippen LogP contribution in [-0.4, -0.2) is 69.7 Å². The van der Waals surface area contributed by atoms with Gasteiger partial charge in [0.1, 0.15) is 5.56 Å². The van der Waals surface area contributed by atoms with Crippen molar-refractivity contribution in [3.63, 3.8) is 0 Å². The summed E-state index contributed by atoms with van der Waals surface area (Å²) in [4.78, 5) is 68.9. The third kappa shape index (κ3) is 7.66. The van der Waals surface area contributed by atoms with Crippen LogP contribution in [0.25, 0.3) is 39.3 Å². The van der Waals surface area contributed by atoms with Crippen LogP contribution in [0, 0.1) is 13.8 Å². The molecule has 2 aliphatic heterocycles. The molecule has 280 valence electrons. The van der Waals surface area contributed by atoms with E-state index in [1.807, 2.05) is 32.1 Å². The first-order chi connectivity index (χ1) is 25.4. The topological polar surface area (TPSA) is 188 Å². The molecule has 0 unspecified atom stereocenters. The Morgan fingerprint density at radius 2 is 1.60 bits per heavy atom. The van der Waals surface area contributed by atoms with Crippen LogP contribution in [0.15, 0.2) is 24.8 Å². The number of esters is 2. The van der Waals surface area contributed by atoms with Gasteiger partial charge in [0, 0.05) is 64.5 Å². The number of carbonyl (C=O) groups is 4. The van der Waals surface area contributed by atoms with Gasteiger partial charge < -0.3 is 24.8 Å². The Hall–Kier alpha value is -5.56. The summed E-state index contributed by atoms with van der Waals surface area (Å²) in [5, 5.41) is 11.6. The van der Waals surface area contributed by atoms with Crippen LogP contribution in [0.2, 0.25) is 0 Å². The number of aryl methyl sites for hydroxylation is 3. The molecule has 0 radical (unpaired) electrons. The lowest BCUT2D eigenvalue weighted by Crippen LogP contribution is -2.25. The normalized spacial score (nSPS) is 15.2. The number of rotatable bonds is 12. The molecule has 2 atom stereocenters. The largest absolute Gasteiger partial charge is 0.465 e. The van der Waals surface area contributed by atoms with Gasteiger partial charge in [0.2, 0.25) is 11.8 Å². The monoisotopic (exact) mass is 724 g/mol. The quantitative estimate of drug-likeness (QED) is 0.0602. The van der Waals surface area contributed by atoms with E-state index in [-0.39, 0.29) is 41.5 Å². The molecule has 0 fully saturated rings. The molecule has 13 nitrogen and oxygen atoms in total. The SMILES string of the molecule is C=Cc1c(C)c2cc3nc(c(C(=O)OC)c4nc(cc5[nH]c(cc1[nH]2)c(C)c5CC)C(C)=C4C(=O)OC)[C@@H](CCC(=O)NCCCCC(=O)NO)[C@@H]3C. The summed E-state index contributed by atoms with van der Waals surface area (Å²) in [6.45, 7) is 14.4. The van der Waals surface area contributed by atoms with Crippen LogP contribution in [0.5, 0.6) is 0 Å². The fourth-order valence-corrected chi connectivity index (χ4v) is 7.30. The van der Waals surface area contributed by atoms with Crippen molar-refractivity contribution < 1.29 is 33.9 Å². The number of fused-ring (bicyclic) bond motifs is 8. The number of H-pyrrole nitrogens is 2. The van der Waals surface area contributed by atoms with E-state index >= 15 is 0 Å². The minimum absolute atomic E-state index is 0.0358. The second kappa shape index (κ2) is 16.4. The van der Waals surface area contributed by atoms with Crippen molar-refractivity contribution in [2.45, 2.75) is 85.0 Å². The minimum Gasteiger partial charge on any atom is -0.465 e. The number of amides is 2. The summed E-state index contributed by atoms with van der Waals surface area (Å²) >= 11 is 0. The van der Waals surface area contributed by atoms with Gasteiger partial charge >= 0.3 is 11.9 Å². The van der Waals surface area contributed by atoms with Crippen LogP contribution in [0.4, 0.5) is 0 Å². The van der Waals surface area contributed by atoms with Gasteiger partial charge in [-0.15, -0.1) is 0 Å². The third-order valence-corrected chi connectivity index (χ3v) is 10.4. The van der Waals surface area contributed by atoms with Crippen molar-refractivity contribution in [1.82, 2.24) is 30.7 Å². The predicted octanol–water partition coefficient (Wildman–Crippen LogP) is 6.49. The Kier molecular flexibility index (Phi) is 12.0. The molecule has 0 aromatic carbocycles. The molecule has 2 aliphatic rings. The first-order valence-electron chi connectivity index (χ1n) is 17.9. The van der Waals surface area contributed by atoms with E-state index < -0.39 is 23.8 Å². The third-order valence-electron chi connectivity index (χ3n) is 10.4. The molecule has 0 aliphatic carbocycles. The summed E-state index contributed by atoms with van der Waals surface area (Å²) in [7, 11) is 2.55. The molecule has 0 saturated heterocycles. The second-order valence-corrected chi connectivity index (χ2v) is 13.4. The fraction of sp³-hybridized carbons (Fsp3) is 0.400. The van der Waals surface area contributed by atoms with Gasteiger partial charge in [-0.25, -0.2) is 20.1 Å². The van der Waals surface area contributed by atoms with Gasteiger partial charge in [-0.05, 0) is 86.9 Å². The van der Waals surface area contributed by atoms with Crippen LogP contribution >= 0.6 is 0 Å². The fourth-order valence-electron chi connectivity index (χ4n) is 7.30. The van der Waals surface area contributed by atoms with Crippen molar-refractivity contribution >= 4 is 63.0 Å². The number of hydrogen-bond acceptors (Lipinski definition) is 9. The number of nitrogens with one attached hydrogen (secondary N) is 4. The maximum absolute atomic E-state index is 13.9. The van der Waals surface area contributed by atoms with E-state index in [1.165, 1.54) is 14.2 Å². The van der Waals surface area contributed by atoms with Crippen LogP contribution < -0.4 is 10.8 Å². The average molecular weight is 725 g/mol. The van der Waals surface area contributed by atoms with Crippen molar-refractivity contribution in [1.29, 1.82) is 0 Å². The maximum Gasteiger partial charge on any atom is 0.341 e. The number of carbonyl (C=O) groups excluding carboxylic acids is 4. The molecule has 0 saturated carbocycles. The molecule has 3 aromatic heterocycles. The first kappa shape index (κ1) is 38.7. The molecule has 2 amide bonds. The van der Waals surface area contributed by atoms with Crippen molar-refractivity contribution in [2.75, 3.05) is 20.8 Å². The molecule has 13 heteroatoms. The number of hydroxylamine groups is 1. The summed E-state index contributed by atoms with van der Waals surface area (Å²) < 4.78 is 10.6. The average Bonchev–Trinajstić information content (AvgIpc) is 3.82. The summed E-state index contributed by atoms with van der Waals surface area (Å²) in [6.07, 6.45) is 4.21. The minimum atomic E-state index is -0.719. The van der Waals surface area contributed by atoms with Gasteiger partial charge in [0.25, 0.3) is 0 Å². The van der Waals surface area contributed by atoms with E-state index in [4.69, 9.17) is 24.6 Å². The van der Waals surface area contributed by atoms with Gasteiger partial charge in [0.15, 0.2) is 0 Å². The van der Waals surface area contributed by atoms with Gasteiger partial charge in [-0.2, -0.15) is 0 Å². The molecule has 3 aromatic rings. The summed E-state index contributed by atoms with van der Waals surface area (Å²) in [5.74, 6) is -2.74. The van der Waals surface area contributed by atoms with Crippen LogP contribution in [-0.2, 0) is 30.3 Å². The number of ether oxygens (including phenoxy) is 2. The molecule has 5 N–H and O–H groups in total. The zero-order valence-electron chi connectivity index (χ0n) is 31.4. The standard InChI is InChI=1S/C40H48N6O7/c1-9-24-20(3)27-17-29-22(5)26(14-15-33(47)41-16-12-11-13-34(48)46-51)37(44-29)36(40(50)53-8)38-35(39(49)52-7)23(6)30(45-38)19-32-25(10-2)21(4)28(43-32)18-31(24)42-27/h9,17-19,22,26,42-43,51H,1,10-16H2,2-8H3,(H,41,47)(H,46,48)/t22-,26-/m0/s1. The van der Waals surface area contributed by atoms with Crippen LogP contribution in [0.3, 0.4) is 0 Å². The highest BCUT2D eigenvalue weighted by molar-refractivity contribution is 6.26. The second-order valence-electron chi connectivity index (χ2n) is 13.4. The number of nitrogens with zero attached hydrogens (tertiary/aromatic N) is 2. The van der Waals surface area contributed by atoms with E-state index in [0.717, 1.165) is 50.7 Å². The molecule has 8 bridgehead atoms. The summed E-state index contributed by atoms with van der Waals surface area (Å²) in [6, 6.07) is 5.92. The van der Waals surface area contributed by atoms with Gasteiger partial charge in [0.05, 0.1) is 36.9 Å². The number of unbranched alkanes of at least 4 members (excludes halogenated alkanes) is 1. The molecule has 53 heavy (non-hydrogen) atoms. The van der Waals surface area contributed by atoms with E-state index in [1.54, 1.807) is 12.4 Å². The smallest absolute Gasteiger partial charge is 0.341 e. The summed E-state index contributed by atoms with van der Waals surface area (Å²) in [5.41, 5.74) is 11.4. The Morgan fingerprint density at radius 1 is 0.906 bits per heavy atom. The lowest BCUT2D eigenvalue weighted by atomic mass is 9.85. The molecule has 5 rings (SSSR count). The maximum atomic E-state index is 13.9. The van der Waals surface area contributed by atoms with Crippen molar-refractivity contribution in [3.05, 3.63) is 75.4 Å². The van der Waals surface area contributed by atoms with Crippen molar-refractivity contribution in [2.24, 2.45) is 0 Å². The Morgan fingerprint density at radius 3 is 2.26 bits per heavy atom. The Balaban J connectivity index is 1.77. The highest BCUT2D eigenvalue weighted by Gasteiger charge is 2.38. The highest BCUT2D eigenvalue weighted by Crippen LogP contribution is 2.44. The number of allylic oxidation sites excluding steroid dienone is 1. The Labute approximate surface area is 308 Å². The predicted molar refractivity (Wildman–Crippen MR) is 203 cm³/mol. The number of methoxy groups -OCH3 is 2. The molecule has 5 heterocycles. The zero-order chi connectivity index (χ0) is 38.6. The first-order valence-corrected chi connectivity index (χ1v) is 17.9.